The smallest absolute Gasteiger partial charge is 0.0671 e. The van der Waals surface area contributed by atoms with Crippen molar-refractivity contribution in [1.29, 1.82) is 0 Å². The molecule has 4 heteroatoms. The van der Waals surface area contributed by atoms with Crippen molar-refractivity contribution in [1.82, 2.24) is 14.8 Å². The second-order valence-electron chi connectivity index (χ2n) is 6.24. The van der Waals surface area contributed by atoms with E-state index in [1.807, 2.05) is 12.3 Å². The van der Waals surface area contributed by atoms with Crippen molar-refractivity contribution < 1.29 is 0 Å². The van der Waals surface area contributed by atoms with Gasteiger partial charge in [-0.05, 0) is 38.4 Å². The number of aromatic nitrogens is 1. The van der Waals surface area contributed by atoms with Crippen LogP contribution in [0.4, 0.5) is 0 Å². The highest BCUT2D eigenvalue weighted by Gasteiger charge is 2.34. The third kappa shape index (κ3) is 2.87. The standard InChI is InChI=1S/C16H26N4/c1-13(17)16(15-7-2-4-8-18-15)20-11-10-19-9-5-3-6-14(19)12-20/h2,4,7-8,13-14,16H,3,5-6,9-12,17H2,1H3. The van der Waals surface area contributed by atoms with Crippen molar-refractivity contribution in [2.75, 3.05) is 26.2 Å². The van der Waals surface area contributed by atoms with E-state index in [1.165, 1.54) is 32.4 Å². The van der Waals surface area contributed by atoms with Crippen molar-refractivity contribution in [2.24, 2.45) is 5.73 Å². The van der Waals surface area contributed by atoms with Gasteiger partial charge >= 0.3 is 0 Å². The summed E-state index contributed by atoms with van der Waals surface area (Å²) in [5.74, 6) is 0. The molecule has 2 N–H and O–H groups in total. The van der Waals surface area contributed by atoms with Crippen LogP contribution in [-0.2, 0) is 0 Å². The first-order valence-corrected chi connectivity index (χ1v) is 7.90. The summed E-state index contributed by atoms with van der Waals surface area (Å²) in [5.41, 5.74) is 7.39. The van der Waals surface area contributed by atoms with Crippen LogP contribution in [0.15, 0.2) is 24.4 Å². The molecule has 1 aromatic heterocycles. The minimum atomic E-state index is 0.111. The van der Waals surface area contributed by atoms with E-state index in [2.05, 4.69) is 33.8 Å². The second-order valence-corrected chi connectivity index (χ2v) is 6.24. The summed E-state index contributed by atoms with van der Waals surface area (Å²) in [6.07, 6.45) is 5.96. The van der Waals surface area contributed by atoms with Crippen molar-refractivity contribution in [3.8, 4) is 0 Å². The molecule has 0 saturated carbocycles. The van der Waals surface area contributed by atoms with Gasteiger partial charge < -0.3 is 5.73 Å². The monoisotopic (exact) mass is 274 g/mol. The number of nitrogens with two attached hydrogens (primary N) is 1. The Balaban J connectivity index is 1.75. The number of nitrogens with zero attached hydrogens (tertiary/aromatic N) is 3. The molecule has 0 aliphatic carbocycles. The fourth-order valence-electron chi connectivity index (χ4n) is 3.77. The molecule has 4 nitrogen and oxygen atoms in total. The lowest BCUT2D eigenvalue weighted by molar-refractivity contribution is 0.0210. The lowest BCUT2D eigenvalue weighted by Crippen LogP contribution is -2.57. The Kier molecular flexibility index (Phi) is 4.34. The molecular formula is C16H26N4. The molecule has 2 aliphatic rings. The van der Waals surface area contributed by atoms with Gasteiger partial charge in [0.05, 0.1) is 11.7 Å². The molecule has 0 aromatic carbocycles. The molecule has 2 aliphatic heterocycles. The maximum Gasteiger partial charge on any atom is 0.0671 e. The Labute approximate surface area is 122 Å². The number of piperidine rings is 1. The van der Waals surface area contributed by atoms with E-state index in [-0.39, 0.29) is 12.1 Å². The summed E-state index contributed by atoms with van der Waals surface area (Å²) in [6.45, 7) is 6.82. The largest absolute Gasteiger partial charge is 0.326 e. The van der Waals surface area contributed by atoms with Gasteiger partial charge in [-0.15, -0.1) is 0 Å². The van der Waals surface area contributed by atoms with Crippen molar-refractivity contribution >= 4 is 0 Å². The van der Waals surface area contributed by atoms with Crippen LogP contribution in [-0.4, -0.2) is 53.0 Å². The zero-order chi connectivity index (χ0) is 13.9. The summed E-state index contributed by atoms with van der Waals surface area (Å²) in [5, 5.41) is 0. The van der Waals surface area contributed by atoms with Gasteiger partial charge in [0, 0.05) is 37.9 Å². The molecule has 0 spiro atoms. The van der Waals surface area contributed by atoms with Crippen molar-refractivity contribution in [3.05, 3.63) is 30.1 Å². The van der Waals surface area contributed by atoms with E-state index in [4.69, 9.17) is 5.73 Å². The van der Waals surface area contributed by atoms with E-state index in [9.17, 15) is 0 Å². The van der Waals surface area contributed by atoms with Crippen LogP contribution < -0.4 is 5.73 Å². The lowest BCUT2D eigenvalue weighted by Gasteiger charge is -2.47. The Morgan fingerprint density at radius 1 is 1.25 bits per heavy atom. The van der Waals surface area contributed by atoms with Crippen molar-refractivity contribution in [3.63, 3.8) is 0 Å². The number of rotatable bonds is 3. The first kappa shape index (κ1) is 14.0. The minimum Gasteiger partial charge on any atom is -0.326 e. The first-order chi connectivity index (χ1) is 9.75. The molecule has 2 saturated heterocycles. The topological polar surface area (TPSA) is 45.4 Å². The summed E-state index contributed by atoms with van der Waals surface area (Å²) in [6, 6.07) is 7.24. The van der Waals surface area contributed by atoms with Gasteiger partial charge in [-0.1, -0.05) is 12.5 Å². The molecular weight excluding hydrogens is 248 g/mol. The van der Waals surface area contributed by atoms with E-state index >= 15 is 0 Å². The normalized spacial score (nSPS) is 27.8. The maximum absolute atomic E-state index is 6.27. The second kappa shape index (κ2) is 6.20. The highest BCUT2D eigenvalue weighted by molar-refractivity contribution is 5.12. The molecule has 0 amide bonds. The molecule has 20 heavy (non-hydrogen) atoms. The molecule has 0 radical (unpaired) electrons. The summed E-state index contributed by atoms with van der Waals surface area (Å²) in [4.78, 5) is 9.76. The predicted molar refractivity (Wildman–Crippen MR) is 81.4 cm³/mol. The lowest BCUT2D eigenvalue weighted by atomic mass is 9.96. The van der Waals surface area contributed by atoms with Gasteiger partial charge in [0.15, 0.2) is 0 Å². The number of hydrogen-bond acceptors (Lipinski definition) is 4. The molecule has 0 bridgehead atoms. The van der Waals surface area contributed by atoms with Gasteiger partial charge in [0.25, 0.3) is 0 Å². The molecule has 3 rings (SSSR count). The summed E-state index contributed by atoms with van der Waals surface area (Å²) < 4.78 is 0. The van der Waals surface area contributed by atoms with Crippen LogP contribution in [0, 0.1) is 0 Å². The highest BCUT2D eigenvalue weighted by atomic mass is 15.3. The molecule has 2 fully saturated rings. The van der Waals surface area contributed by atoms with Gasteiger partial charge in [0.2, 0.25) is 0 Å². The van der Waals surface area contributed by atoms with Crippen LogP contribution >= 0.6 is 0 Å². The molecule has 3 heterocycles. The zero-order valence-corrected chi connectivity index (χ0v) is 12.4. The van der Waals surface area contributed by atoms with Crippen LogP contribution in [0.25, 0.3) is 0 Å². The molecule has 3 atom stereocenters. The first-order valence-electron chi connectivity index (χ1n) is 7.90. The van der Waals surface area contributed by atoms with E-state index in [0.717, 1.165) is 24.8 Å². The minimum absolute atomic E-state index is 0.111. The fraction of sp³-hybridized carbons (Fsp3) is 0.688. The van der Waals surface area contributed by atoms with Crippen LogP contribution in [0.3, 0.4) is 0 Å². The third-order valence-electron chi connectivity index (χ3n) is 4.75. The Bertz CT molecular complexity index is 420. The number of hydrogen-bond donors (Lipinski definition) is 1. The Hall–Kier alpha value is -0.970. The van der Waals surface area contributed by atoms with E-state index in [0.29, 0.717) is 0 Å². The SMILES string of the molecule is CC(N)C(c1ccccn1)N1CCN2CCCCC2C1. The average Bonchev–Trinajstić information content (AvgIpc) is 2.48. The summed E-state index contributed by atoms with van der Waals surface area (Å²) >= 11 is 0. The fourth-order valence-corrected chi connectivity index (χ4v) is 3.77. The Morgan fingerprint density at radius 3 is 2.90 bits per heavy atom. The van der Waals surface area contributed by atoms with E-state index in [1.54, 1.807) is 0 Å². The average molecular weight is 274 g/mol. The molecule has 3 unspecified atom stereocenters. The zero-order valence-electron chi connectivity index (χ0n) is 12.4. The summed E-state index contributed by atoms with van der Waals surface area (Å²) in [7, 11) is 0. The quantitative estimate of drug-likeness (QED) is 0.910. The number of pyridine rings is 1. The van der Waals surface area contributed by atoms with Gasteiger partial charge in [-0.25, -0.2) is 0 Å². The van der Waals surface area contributed by atoms with Crippen molar-refractivity contribution in [2.45, 2.75) is 44.3 Å². The number of piperazine rings is 1. The third-order valence-corrected chi connectivity index (χ3v) is 4.75. The van der Waals surface area contributed by atoms with Crippen LogP contribution in [0.2, 0.25) is 0 Å². The van der Waals surface area contributed by atoms with Gasteiger partial charge in [-0.3, -0.25) is 14.8 Å². The predicted octanol–water partition coefficient (Wildman–Crippen LogP) is 1.64. The highest BCUT2D eigenvalue weighted by Crippen LogP contribution is 2.28. The van der Waals surface area contributed by atoms with Gasteiger partial charge in [0.1, 0.15) is 0 Å². The number of fused-ring (bicyclic) bond motifs is 1. The van der Waals surface area contributed by atoms with Gasteiger partial charge in [-0.2, -0.15) is 0 Å². The van der Waals surface area contributed by atoms with E-state index < -0.39 is 0 Å². The maximum atomic E-state index is 6.27. The van der Waals surface area contributed by atoms with Crippen LogP contribution in [0.5, 0.6) is 0 Å². The van der Waals surface area contributed by atoms with Crippen LogP contribution in [0.1, 0.15) is 37.9 Å². The molecule has 1 aromatic rings. The Morgan fingerprint density at radius 2 is 2.15 bits per heavy atom. The molecule has 110 valence electrons.